The van der Waals surface area contributed by atoms with Crippen LogP contribution in [0.2, 0.25) is 0 Å². The smallest absolute Gasteiger partial charge is 0.308 e. The first-order chi connectivity index (χ1) is 10.6. The minimum Gasteiger partial charge on any atom is -0.481 e. The molecule has 0 radical (unpaired) electrons. The number of carbonyl (C=O) groups excluding carboxylic acids is 1. The summed E-state index contributed by atoms with van der Waals surface area (Å²) < 4.78 is 0. The van der Waals surface area contributed by atoms with Gasteiger partial charge in [0, 0.05) is 23.0 Å². The van der Waals surface area contributed by atoms with E-state index < -0.39 is 17.8 Å². The Morgan fingerprint density at radius 3 is 2.77 bits per heavy atom. The summed E-state index contributed by atoms with van der Waals surface area (Å²) in [6.07, 6.45) is 1.98. The second kappa shape index (κ2) is 5.63. The number of aromatic nitrogens is 1. The SMILES string of the molecule is O=C(N[C@H]1CCC[C@H]1C(=O)O)c1cc(=O)[nH]c2ccccc12. The van der Waals surface area contributed by atoms with Gasteiger partial charge in [0.15, 0.2) is 0 Å². The summed E-state index contributed by atoms with van der Waals surface area (Å²) in [6, 6.07) is 7.91. The third-order valence-corrected chi connectivity index (χ3v) is 4.14. The Morgan fingerprint density at radius 1 is 1.23 bits per heavy atom. The summed E-state index contributed by atoms with van der Waals surface area (Å²) in [4.78, 5) is 38.0. The number of para-hydroxylation sites is 1. The van der Waals surface area contributed by atoms with Crippen molar-refractivity contribution in [2.45, 2.75) is 25.3 Å². The number of pyridine rings is 1. The molecule has 0 spiro atoms. The number of hydrogen-bond acceptors (Lipinski definition) is 3. The average molecular weight is 300 g/mol. The monoisotopic (exact) mass is 300 g/mol. The van der Waals surface area contributed by atoms with Gasteiger partial charge in [-0.1, -0.05) is 24.6 Å². The van der Waals surface area contributed by atoms with Crippen molar-refractivity contribution in [3.05, 3.63) is 46.2 Å². The molecule has 3 rings (SSSR count). The lowest BCUT2D eigenvalue weighted by Crippen LogP contribution is -2.40. The Bertz CT molecular complexity index is 796. The maximum absolute atomic E-state index is 12.5. The first-order valence-electron chi connectivity index (χ1n) is 7.22. The Balaban J connectivity index is 1.93. The molecule has 0 bridgehead atoms. The van der Waals surface area contributed by atoms with Crippen molar-refractivity contribution < 1.29 is 14.7 Å². The number of fused-ring (bicyclic) bond motifs is 1. The van der Waals surface area contributed by atoms with Crippen LogP contribution >= 0.6 is 0 Å². The van der Waals surface area contributed by atoms with Gasteiger partial charge in [-0.3, -0.25) is 14.4 Å². The maximum atomic E-state index is 12.5. The van der Waals surface area contributed by atoms with E-state index in [9.17, 15) is 19.5 Å². The van der Waals surface area contributed by atoms with E-state index in [0.29, 0.717) is 23.7 Å². The predicted molar refractivity (Wildman–Crippen MR) is 80.8 cm³/mol. The molecule has 1 aromatic carbocycles. The van der Waals surface area contributed by atoms with Crippen LogP contribution < -0.4 is 10.9 Å². The number of rotatable bonds is 3. The fraction of sp³-hybridized carbons (Fsp3) is 0.312. The van der Waals surface area contributed by atoms with Crippen molar-refractivity contribution in [1.29, 1.82) is 0 Å². The number of hydrogen-bond donors (Lipinski definition) is 3. The summed E-state index contributed by atoms with van der Waals surface area (Å²) in [6.45, 7) is 0. The van der Waals surface area contributed by atoms with Crippen molar-refractivity contribution in [2.24, 2.45) is 5.92 Å². The Kier molecular flexibility index (Phi) is 3.66. The molecule has 0 unspecified atom stereocenters. The fourth-order valence-electron chi connectivity index (χ4n) is 3.07. The first kappa shape index (κ1) is 14.3. The number of carbonyl (C=O) groups is 2. The van der Waals surface area contributed by atoms with Crippen LogP contribution in [0, 0.1) is 5.92 Å². The molecule has 22 heavy (non-hydrogen) atoms. The van der Waals surface area contributed by atoms with Crippen LogP contribution in [-0.2, 0) is 4.79 Å². The van der Waals surface area contributed by atoms with Crippen LogP contribution in [0.5, 0.6) is 0 Å². The second-order valence-corrected chi connectivity index (χ2v) is 5.55. The van der Waals surface area contributed by atoms with Crippen LogP contribution in [0.25, 0.3) is 10.9 Å². The summed E-state index contributed by atoms with van der Waals surface area (Å²) in [5.74, 6) is -1.85. The topological polar surface area (TPSA) is 99.3 Å². The quantitative estimate of drug-likeness (QED) is 0.800. The van der Waals surface area contributed by atoms with Crippen molar-refractivity contribution in [3.63, 3.8) is 0 Å². The number of benzene rings is 1. The van der Waals surface area contributed by atoms with Crippen LogP contribution in [-0.4, -0.2) is 28.0 Å². The van der Waals surface area contributed by atoms with Gasteiger partial charge < -0.3 is 15.4 Å². The molecule has 1 heterocycles. The number of carboxylic acids is 1. The minimum absolute atomic E-state index is 0.274. The number of nitrogens with one attached hydrogen (secondary N) is 2. The van der Waals surface area contributed by atoms with Gasteiger partial charge in [0.1, 0.15) is 0 Å². The molecule has 1 amide bonds. The van der Waals surface area contributed by atoms with E-state index in [4.69, 9.17) is 0 Å². The minimum atomic E-state index is -0.890. The molecule has 2 aromatic rings. The number of H-pyrrole nitrogens is 1. The number of carboxylic acid groups (broad SMARTS) is 1. The molecule has 0 saturated heterocycles. The Morgan fingerprint density at radius 2 is 2.00 bits per heavy atom. The van der Waals surface area contributed by atoms with E-state index in [1.807, 2.05) is 0 Å². The summed E-state index contributed by atoms with van der Waals surface area (Å²) in [5.41, 5.74) is 0.502. The highest BCUT2D eigenvalue weighted by Gasteiger charge is 2.34. The highest BCUT2D eigenvalue weighted by Crippen LogP contribution is 2.26. The highest BCUT2D eigenvalue weighted by molar-refractivity contribution is 6.06. The molecule has 6 heteroatoms. The van der Waals surface area contributed by atoms with E-state index in [-0.39, 0.29) is 17.2 Å². The third kappa shape index (κ3) is 2.59. The van der Waals surface area contributed by atoms with E-state index >= 15 is 0 Å². The highest BCUT2D eigenvalue weighted by atomic mass is 16.4. The van der Waals surface area contributed by atoms with Crippen LogP contribution in [0.15, 0.2) is 35.1 Å². The second-order valence-electron chi connectivity index (χ2n) is 5.55. The van der Waals surface area contributed by atoms with Crippen molar-refractivity contribution in [2.75, 3.05) is 0 Å². The zero-order valence-electron chi connectivity index (χ0n) is 11.8. The molecule has 2 atom stereocenters. The summed E-state index contributed by atoms with van der Waals surface area (Å²) >= 11 is 0. The normalized spacial score (nSPS) is 20.9. The molecule has 1 fully saturated rings. The predicted octanol–water partition coefficient (Wildman–Crippen LogP) is 1.51. The van der Waals surface area contributed by atoms with Gasteiger partial charge >= 0.3 is 5.97 Å². The summed E-state index contributed by atoms with van der Waals surface area (Å²) in [5, 5.41) is 12.6. The zero-order chi connectivity index (χ0) is 15.7. The largest absolute Gasteiger partial charge is 0.481 e. The zero-order valence-corrected chi connectivity index (χ0v) is 11.8. The lowest BCUT2D eigenvalue weighted by atomic mass is 10.0. The molecule has 1 aliphatic rings. The van der Waals surface area contributed by atoms with Gasteiger partial charge in [-0.25, -0.2) is 0 Å². The fourth-order valence-corrected chi connectivity index (χ4v) is 3.07. The van der Waals surface area contributed by atoms with Gasteiger partial charge in [0.05, 0.1) is 11.5 Å². The lowest BCUT2D eigenvalue weighted by Gasteiger charge is -2.18. The van der Waals surface area contributed by atoms with Gasteiger partial charge in [-0.15, -0.1) is 0 Å². The molecule has 1 saturated carbocycles. The van der Waals surface area contributed by atoms with Crippen molar-refractivity contribution in [3.8, 4) is 0 Å². The molecular formula is C16H16N2O4. The first-order valence-corrected chi connectivity index (χ1v) is 7.22. The van der Waals surface area contributed by atoms with Gasteiger partial charge in [-0.05, 0) is 18.9 Å². The lowest BCUT2D eigenvalue weighted by molar-refractivity contribution is -0.142. The van der Waals surface area contributed by atoms with Gasteiger partial charge in [0.2, 0.25) is 5.56 Å². The molecule has 0 aliphatic heterocycles. The van der Waals surface area contributed by atoms with Gasteiger partial charge in [0.25, 0.3) is 5.91 Å². The summed E-state index contributed by atoms with van der Waals surface area (Å²) in [7, 11) is 0. The third-order valence-electron chi connectivity index (χ3n) is 4.14. The van der Waals surface area contributed by atoms with Crippen LogP contribution in [0.4, 0.5) is 0 Å². The standard InChI is InChI=1S/C16H16N2O4/c19-14-8-11(9-4-1-2-6-12(9)17-14)15(20)18-13-7-3-5-10(13)16(21)22/h1-2,4,6,8,10,13H,3,5,7H2,(H,17,19)(H,18,20)(H,21,22)/t10-,13+/m1/s1. The molecule has 114 valence electrons. The molecule has 6 nitrogen and oxygen atoms in total. The Labute approximate surface area is 126 Å². The maximum Gasteiger partial charge on any atom is 0.308 e. The van der Waals surface area contributed by atoms with E-state index in [1.165, 1.54) is 6.07 Å². The van der Waals surface area contributed by atoms with E-state index in [0.717, 1.165) is 6.42 Å². The van der Waals surface area contributed by atoms with Crippen molar-refractivity contribution in [1.82, 2.24) is 10.3 Å². The van der Waals surface area contributed by atoms with E-state index in [1.54, 1.807) is 24.3 Å². The Hall–Kier alpha value is -2.63. The van der Waals surface area contributed by atoms with Crippen LogP contribution in [0.3, 0.4) is 0 Å². The molecule has 1 aromatic heterocycles. The van der Waals surface area contributed by atoms with Gasteiger partial charge in [-0.2, -0.15) is 0 Å². The average Bonchev–Trinajstić information content (AvgIpc) is 2.94. The number of aliphatic carboxylic acids is 1. The van der Waals surface area contributed by atoms with Crippen molar-refractivity contribution >= 4 is 22.8 Å². The molecular weight excluding hydrogens is 284 g/mol. The van der Waals surface area contributed by atoms with E-state index in [2.05, 4.69) is 10.3 Å². The molecule has 1 aliphatic carbocycles. The molecule has 3 N–H and O–H groups in total. The number of aromatic amines is 1. The van der Waals surface area contributed by atoms with Crippen LogP contribution in [0.1, 0.15) is 29.6 Å². The number of amides is 1.